The van der Waals surface area contributed by atoms with E-state index in [0.717, 1.165) is 54.6 Å². The molecule has 4 rings (SSSR count). The van der Waals surface area contributed by atoms with Crippen molar-refractivity contribution in [3.8, 4) is 11.5 Å². The fraction of sp³-hybridized carbons (Fsp3) is 0.455. The Bertz CT molecular complexity index is 865. The number of nitrogens with one attached hydrogen (secondary N) is 1. The highest BCUT2D eigenvalue weighted by Crippen LogP contribution is 2.30. The first-order chi connectivity index (χ1) is 14.1. The van der Waals surface area contributed by atoms with Crippen molar-refractivity contribution in [1.82, 2.24) is 15.2 Å². The number of fused-ring (bicyclic) bond motifs is 1. The summed E-state index contributed by atoms with van der Waals surface area (Å²) in [4.78, 5) is 21.8. The van der Waals surface area contributed by atoms with Gasteiger partial charge in [-0.25, -0.2) is 4.98 Å². The van der Waals surface area contributed by atoms with Crippen LogP contribution in [0, 0.1) is 5.92 Å². The maximum atomic E-state index is 12.7. The van der Waals surface area contributed by atoms with E-state index in [-0.39, 0.29) is 11.8 Å². The molecule has 7 heteroatoms. The van der Waals surface area contributed by atoms with E-state index in [1.807, 2.05) is 30.5 Å². The van der Waals surface area contributed by atoms with Gasteiger partial charge in [-0.1, -0.05) is 0 Å². The molecule has 1 aromatic heterocycles. The Morgan fingerprint density at radius 3 is 2.86 bits per heavy atom. The zero-order chi connectivity index (χ0) is 20.2. The van der Waals surface area contributed by atoms with Crippen molar-refractivity contribution in [1.29, 1.82) is 0 Å². The Hall–Kier alpha value is -2.80. The molecule has 1 N–H and O–H groups in total. The highest BCUT2D eigenvalue weighted by Gasteiger charge is 2.26. The summed E-state index contributed by atoms with van der Waals surface area (Å²) in [5.74, 6) is 2.40. The molecule has 29 heavy (non-hydrogen) atoms. The quantitative estimate of drug-likeness (QED) is 0.830. The lowest BCUT2D eigenvalue weighted by Gasteiger charge is -2.33. The van der Waals surface area contributed by atoms with Crippen LogP contribution in [0.3, 0.4) is 0 Å². The molecule has 1 fully saturated rings. The number of pyridine rings is 1. The fourth-order valence-electron chi connectivity index (χ4n) is 3.78. The summed E-state index contributed by atoms with van der Waals surface area (Å²) in [6.45, 7) is 4.91. The second kappa shape index (κ2) is 8.69. The minimum absolute atomic E-state index is 0.0106. The van der Waals surface area contributed by atoms with E-state index < -0.39 is 0 Å². The molecule has 2 aromatic rings. The van der Waals surface area contributed by atoms with Crippen LogP contribution < -0.4 is 19.7 Å². The van der Waals surface area contributed by atoms with Crippen LogP contribution in [-0.2, 0) is 17.8 Å². The molecule has 1 unspecified atom stereocenters. The third kappa shape index (κ3) is 4.62. The topological polar surface area (TPSA) is 66.9 Å². The number of carbonyl (C=O) groups excluding carboxylic acids is 1. The third-order valence-corrected chi connectivity index (χ3v) is 5.65. The maximum absolute atomic E-state index is 12.7. The number of hydrogen-bond acceptors (Lipinski definition) is 6. The number of carbonyl (C=O) groups is 1. The van der Waals surface area contributed by atoms with Crippen LogP contribution in [0.15, 0.2) is 36.5 Å². The molecule has 0 spiro atoms. The Balaban J connectivity index is 1.34. The fourth-order valence-corrected chi connectivity index (χ4v) is 3.78. The number of nitrogens with zero attached hydrogens (tertiary/aromatic N) is 3. The number of rotatable bonds is 5. The van der Waals surface area contributed by atoms with Gasteiger partial charge in [0.15, 0.2) is 0 Å². The minimum atomic E-state index is -0.200. The first kappa shape index (κ1) is 19.5. The molecule has 1 aromatic carbocycles. The van der Waals surface area contributed by atoms with Crippen molar-refractivity contribution in [3.05, 3.63) is 47.7 Å². The number of hydrogen-bond donors (Lipinski definition) is 1. The lowest BCUT2D eigenvalue weighted by atomic mass is 9.95. The number of likely N-dealkylation sites (N-methyl/N-ethyl adjacent to an activating group) is 1. The lowest BCUT2D eigenvalue weighted by Crippen LogP contribution is -2.44. The molecule has 0 bridgehead atoms. The van der Waals surface area contributed by atoms with Crippen molar-refractivity contribution in [2.75, 3.05) is 51.8 Å². The minimum Gasteiger partial charge on any atom is -0.497 e. The molecule has 1 atom stereocenters. The molecule has 2 aliphatic heterocycles. The second-order valence-electron chi connectivity index (χ2n) is 7.72. The van der Waals surface area contributed by atoms with E-state index in [0.29, 0.717) is 19.6 Å². The van der Waals surface area contributed by atoms with Crippen LogP contribution in [0.2, 0.25) is 0 Å². The number of piperazine rings is 1. The van der Waals surface area contributed by atoms with Crippen molar-refractivity contribution in [2.24, 2.45) is 5.92 Å². The first-order valence-corrected chi connectivity index (χ1v) is 10.1. The van der Waals surface area contributed by atoms with Crippen LogP contribution in [-0.4, -0.2) is 62.7 Å². The number of amides is 1. The van der Waals surface area contributed by atoms with Gasteiger partial charge in [0.1, 0.15) is 23.9 Å². The van der Waals surface area contributed by atoms with E-state index in [2.05, 4.69) is 33.2 Å². The molecule has 0 saturated carbocycles. The predicted octanol–water partition coefficient (Wildman–Crippen LogP) is 1.71. The van der Waals surface area contributed by atoms with Crippen LogP contribution in [0.25, 0.3) is 0 Å². The molecule has 154 valence electrons. The van der Waals surface area contributed by atoms with Gasteiger partial charge in [0, 0.05) is 38.9 Å². The van der Waals surface area contributed by atoms with Gasteiger partial charge in [-0.15, -0.1) is 0 Å². The van der Waals surface area contributed by atoms with Gasteiger partial charge < -0.3 is 24.6 Å². The highest BCUT2D eigenvalue weighted by atomic mass is 16.5. The van der Waals surface area contributed by atoms with Crippen molar-refractivity contribution in [2.45, 2.75) is 13.0 Å². The Morgan fingerprint density at radius 1 is 1.24 bits per heavy atom. The molecule has 7 nitrogen and oxygen atoms in total. The van der Waals surface area contributed by atoms with E-state index in [9.17, 15) is 4.79 Å². The van der Waals surface area contributed by atoms with Gasteiger partial charge in [-0.3, -0.25) is 4.79 Å². The van der Waals surface area contributed by atoms with Crippen LogP contribution in [0.1, 0.15) is 11.1 Å². The summed E-state index contributed by atoms with van der Waals surface area (Å²) in [7, 11) is 3.78. The molecular formula is C22H28N4O3. The van der Waals surface area contributed by atoms with Crippen molar-refractivity contribution in [3.63, 3.8) is 0 Å². The number of aromatic nitrogens is 1. The van der Waals surface area contributed by atoms with Crippen LogP contribution in [0.4, 0.5) is 5.82 Å². The Morgan fingerprint density at radius 2 is 2.07 bits per heavy atom. The van der Waals surface area contributed by atoms with E-state index in [4.69, 9.17) is 9.47 Å². The van der Waals surface area contributed by atoms with Crippen molar-refractivity contribution < 1.29 is 14.3 Å². The molecular weight excluding hydrogens is 368 g/mol. The summed E-state index contributed by atoms with van der Waals surface area (Å²) in [6.07, 6.45) is 2.47. The molecule has 3 heterocycles. The summed E-state index contributed by atoms with van der Waals surface area (Å²) in [5, 5.41) is 3.06. The van der Waals surface area contributed by atoms with Gasteiger partial charge in [0.05, 0.1) is 13.0 Å². The second-order valence-corrected chi connectivity index (χ2v) is 7.72. The zero-order valence-corrected chi connectivity index (χ0v) is 17.1. The van der Waals surface area contributed by atoms with E-state index in [1.54, 1.807) is 7.11 Å². The van der Waals surface area contributed by atoms with Crippen LogP contribution in [0.5, 0.6) is 11.5 Å². The highest BCUT2D eigenvalue weighted by molar-refractivity contribution is 5.79. The summed E-state index contributed by atoms with van der Waals surface area (Å²) >= 11 is 0. The lowest BCUT2D eigenvalue weighted by molar-refractivity contribution is -0.126. The number of ether oxygens (including phenoxy) is 2. The summed E-state index contributed by atoms with van der Waals surface area (Å²) < 4.78 is 11.1. The first-order valence-electron chi connectivity index (χ1n) is 10.1. The largest absolute Gasteiger partial charge is 0.497 e. The van der Waals surface area contributed by atoms with Gasteiger partial charge in [-0.2, -0.15) is 0 Å². The maximum Gasteiger partial charge on any atom is 0.227 e. The molecule has 1 amide bonds. The monoisotopic (exact) mass is 396 g/mol. The molecule has 0 radical (unpaired) electrons. The summed E-state index contributed by atoms with van der Waals surface area (Å²) in [5.41, 5.74) is 2.07. The Labute approximate surface area is 171 Å². The molecule has 1 saturated heterocycles. The van der Waals surface area contributed by atoms with Crippen molar-refractivity contribution >= 4 is 11.7 Å². The predicted molar refractivity (Wildman–Crippen MR) is 111 cm³/mol. The third-order valence-electron chi connectivity index (χ3n) is 5.65. The zero-order valence-electron chi connectivity index (χ0n) is 17.1. The van der Waals surface area contributed by atoms with Gasteiger partial charge >= 0.3 is 0 Å². The normalized spacial score (nSPS) is 19.2. The summed E-state index contributed by atoms with van der Waals surface area (Å²) in [6, 6.07) is 9.75. The number of benzene rings is 1. The SMILES string of the molecule is COc1ccc2c(c1)CC(C(=O)NCc1ccnc(N3CCN(C)CC3)c1)CO2. The average molecular weight is 396 g/mol. The van der Waals surface area contributed by atoms with Gasteiger partial charge in [-0.05, 0) is 54.9 Å². The smallest absolute Gasteiger partial charge is 0.227 e. The van der Waals surface area contributed by atoms with Crippen LogP contribution >= 0.6 is 0 Å². The molecule has 2 aliphatic rings. The van der Waals surface area contributed by atoms with Gasteiger partial charge in [0.2, 0.25) is 5.91 Å². The Kier molecular flexibility index (Phi) is 5.85. The van der Waals surface area contributed by atoms with Gasteiger partial charge in [0.25, 0.3) is 0 Å². The standard InChI is InChI=1S/C22H28N4O3/c1-25-7-9-26(10-8-25)21-11-16(5-6-23-21)14-24-22(27)18-12-17-13-19(28-2)3-4-20(17)29-15-18/h3-6,11,13,18H,7-10,12,14-15H2,1-2H3,(H,24,27). The number of methoxy groups -OCH3 is 1. The van der Waals surface area contributed by atoms with E-state index in [1.165, 1.54) is 0 Å². The average Bonchev–Trinajstić information content (AvgIpc) is 2.77. The van der Waals surface area contributed by atoms with E-state index >= 15 is 0 Å². The molecule has 0 aliphatic carbocycles. The number of anilines is 1.